The predicted molar refractivity (Wildman–Crippen MR) is 129 cm³/mol. The van der Waals surface area contributed by atoms with E-state index in [1.165, 1.54) is 24.3 Å². The Labute approximate surface area is 206 Å². The van der Waals surface area contributed by atoms with Crippen molar-refractivity contribution in [3.63, 3.8) is 0 Å². The van der Waals surface area contributed by atoms with Gasteiger partial charge in [-0.3, -0.25) is 24.5 Å². The van der Waals surface area contributed by atoms with E-state index >= 15 is 0 Å². The summed E-state index contributed by atoms with van der Waals surface area (Å²) in [6, 6.07) is 7.32. The Hall–Kier alpha value is -4.48. The van der Waals surface area contributed by atoms with Crippen LogP contribution >= 0.6 is 0 Å². The molecule has 0 bridgehead atoms. The number of nitrogens with zero attached hydrogens (tertiary/aromatic N) is 3. The molecule has 1 aliphatic heterocycles. The SMILES string of the molecule is CCCOc1ccc(N2C(=O)C(=O)N(CC(=O)Nc3cc([N+](=O)[O-])ccc3C)C2=O)cc1OCCC. The summed E-state index contributed by atoms with van der Waals surface area (Å²) >= 11 is 0. The van der Waals surface area contributed by atoms with Gasteiger partial charge in [0.15, 0.2) is 11.5 Å². The number of aryl methyl sites for hydroxylation is 1. The molecule has 0 saturated carbocycles. The van der Waals surface area contributed by atoms with E-state index in [9.17, 15) is 29.3 Å². The van der Waals surface area contributed by atoms with Gasteiger partial charge in [0.1, 0.15) is 6.54 Å². The summed E-state index contributed by atoms with van der Waals surface area (Å²) in [6.45, 7) is 5.55. The number of ether oxygens (including phenoxy) is 2. The summed E-state index contributed by atoms with van der Waals surface area (Å²) in [5.74, 6) is -2.35. The lowest BCUT2D eigenvalue weighted by molar-refractivity contribution is -0.384. The molecule has 2 aromatic carbocycles. The van der Waals surface area contributed by atoms with Crippen molar-refractivity contribution in [2.45, 2.75) is 33.6 Å². The quantitative estimate of drug-likeness (QED) is 0.214. The summed E-state index contributed by atoms with van der Waals surface area (Å²) in [4.78, 5) is 62.3. The van der Waals surface area contributed by atoms with Crippen molar-refractivity contribution in [1.29, 1.82) is 0 Å². The summed E-state index contributed by atoms with van der Waals surface area (Å²) in [7, 11) is 0. The van der Waals surface area contributed by atoms with E-state index in [4.69, 9.17) is 9.47 Å². The van der Waals surface area contributed by atoms with Crippen LogP contribution in [-0.4, -0.2) is 53.3 Å². The lowest BCUT2D eigenvalue weighted by Gasteiger charge is -2.18. The van der Waals surface area contributed by atoms with Crippen LogP contribution in [0.5, 0.6) is 11.5 Å². The molecule has 1 fully saturated rings. The van der Waals surface area contributed by atoms with Crippen molar-refractivity contribution in [3.05, 3.63) is 52.1 Å². The minimum absolute atomic E-state index is 0.0886. The van der Waals surface area contributed by atoms with Crippen molar-refractivity contribution in [2.24, 2.45) is 0 Å². The fourth-order valence-corrected chi connectivity index (χ4v) is 3.36. The fraction of sp³-hybridized carbons (Fsp3) is 0.333. The van der Waals surface area contributed by atoms with Crippen LogP contribution in [0.3, 0.4) is 0 Å². The van der Waals surface area contributed by atoms with Gasteiger partial charge in [0, 0.05) is 18.2 Å². The maximum atomic E-state index is 13.0. The number of non-ortho nitro benzene ring substituents is 1. The zero-order valence-corrected chi connectivity index (χ0v) is 20.1. The Morgan fingerprint density at radius 3 is 2.28 bits per heavy atom. The highest BCUT2D eigenvalue weighted by molar-refractivity contribution is 6.53. The third-order valence-electron chi connectivity index (χ3n) is 5.17. The minimum atomic E-state index is -1.17. The largest absolute Gasteiger partial charge is 0.490 e. The van der Waals surface area contributed by atoms with Gasteiger partial charge in [0.05, 0.1) is 29.5 Å². The molecule has 3 rings (SSSR count). The molecule has 0 atom stereocenters. The fourth-order valence-electron chi connectivity index (χ4n) is 3.36. The number of hydrogen-bond acceptors (Lipinski definition) is 8. The van der Waals surface area contributed by atoms with Crippen LogP contribution in [-0.2, 0) is 14.4 Å². The Bertz CT molecular complexity index is 1210. The van der Waals surface area contributed by atoms with Crippen molar-refractivity contribution in [3.8, 4) is 11.5 Å². The van der Waals surface area contributed by atoms with Gasteiger partial charge in [-0.05, 0) is 37.5 Å². The second-order valence-corrected chi connectivity index (χ2v) is 7.95. The molecule has 1 heterocycles. The number of carbonyl (C=O) groups is 4. The Balaban J connectivity index is 1.80. The first kappa shape index (κ1) is 26.1. The predicted octanol–water partition coefficient (Wildman–Crippen LogP) is 3.41. The van der Waals surface area contributed by atoms with Crippen LogP contribution in [0.15, 0.2) is 36.4 Å². The normalized spacial score (nSPS) is 13.2. The molecule has 5 amide bonds. The first-order valence-corrected chi connectivity index (χ1v) is 11.3. The second kappa shape index (κ2) is 11.3. The van der Waals surface area contributed by atoms with E-state index in [1.807, 2.05) is 13.8 Å². The van der Waals surface area contributed by atoms with Gasteiger partial charge in [0.2, 0.25) is 5.91 Å². The van der Waals surface area contributed by atoms with E-state index in [-0.39, 0.29) is 17.1 Å². The molecule has 1 saturated heterocycles. The van der Waals surface area contributed by atoms with Crippen LogP contribution in [0.25, 0.3) is 0 Å². The molecule has 0 aromatic heterocycles. The summed E-state index contributed by atoms with van der Waals surface area (Å²) in [5, 5.41) is 13.5. The van der Waals surface area contributed by atoms with E-state index in [1.54, 1.807) is 13.0 Å². The number of benzene rings is 2. The molecule has 12 nitrogen and oxygen atoms in total. The molecule has 0 unspecified atom stereocenters. The van der Waals surface area contributed by atoms with Gasteiger partial charge in [0.25, 0.3) is 5.69 Å². The van der Waals surface area contributed by atoms with Crippen molar-refractivity contribution < 1.29 is 33.6 Å². The Morgan fingerprint density at radius 2 is 1.64 bits per heavy atom. The lowest BCUT2D eigenvalue weighted by atomic mass is 10.2. The molecule has 0 aliphatic carbocycles. The highest BCUT2D eigenvalue weighted by Crippen LogP contribution is 2.34. The number of nitro benzene ring substituents is 1. The number of amides is 5. The third kappa shape index (κ3) is 5.59. The Morgan fingerprint density at radius 1 is 0.972 bits per heavy atom. The van der Waals surface area contributed by atoms with E-state index < -0.39 is 35.2 Å². The number of nitrogens with one attached hydrogen (secondary N) is 1. The van der Waals surface area contributed by atoms with E-state index in [0.717, 1.165) is 12.5 Å². The highest BCUT2D eigenvalue weighted by Gasteiger charge is 2.46. The smallest absolute Gasteiger partial charge is 0.339 e. The van der Waals surface area contributed by atoms with E-state index in [0.29, 0.717) is 46.5 Å². The second-order valence-electron chi connectivity index (χ2n) is 7.95. The molecule has 1 aliphatic rings. The first-order chi connectivity index (χ1) is 17.2. The van der Waals surface area contributed by atoms with E-state index in [2.05, 4.69) is 5.32 Å². The molecular formula is C24H26N4O8. The van der Waals surface area contributed by atoms with Gasteiger partial charge in [-0.1, -0.05) is 19.9 Å². The van der Waals surface area contributed by atoms with Gasteiger partial charge >= 0.3 is 17.8 Å². The number of carbonyl (C=O) groups excluding carboxylic acids is 4. The molecule has 2 aromatic rings. The van der Waals surface area contributed by atoms with Gasteiger partial charge in [-0.15, -0.1) is 0 Å². The van der Waals surface area contributed by atoms with Crippen LogP contribution in [0.4, 0.5) is 21.9 Å². The number of imide groups is 2. The summed E-state index contributed by atoms with van der Waals surface area (Å²) < 4.78 is 11.3. The Kier molecular flexibility index (Phi) is 8.20. The maximum Gasteiger partial charge on any atom is 0.339 e. The van der Waals surface area contributed by atoms with Gasteiger partial charge in [-0.2, -0.15) is 0 Å². The zero-order chi connectivity index (χ0) is 26.4. The highest BCUT2D eigenvalue weighted by atomic mass is 16.6. The van der Waals surface area contributed by atoms with Crippen LogP contribution in [0.1, 0.15) is 32.3 Å². The monoisotopic (exact) mass is 498 g/mol. The summed E-state index contributed by atoms with van der Waals surface area (Å²) in [5.41, 5.74) is 0.538. The number of urea groups is 1. The standard InChI is InChI=1S/C24H26N4O8/c1-4-10-35-19-9-8-16(13-20(19)36-11-5-2)27-23(31)22(30)26(24(27)32)14-21(29)25-18-12-17(28(33)34)7-6-15(18)3/h6-9,12-13H,4-5,10-11,14H2,1-3H3,(H,25,29). The van der Waals surface area contributed by atoms with Crippen molar-refractivity contribution in [2.75, 3.05) is 30.0 Å². The first-order valence-electron chi connectivity index (χ1n) is 11.3. The molecular weight excluding hydrogens is 472 g/mol. The number of nitro groups is 1. The molecule has 0 spiro atoms. The van der Waals surface area contributed by atoms with Gasteiger partial charge in [-0.25, -0.2) is 14.6 Å². The lowest BCUT2D eigenvalue weighted by Crippen LogP contribution is -2.39. The van der Waals surface area contributed by atoms with Crippen LogP contribution in [0, 0.1) is 17.0 Å². The minimum Gasteiger partial charge on any atom is -0.490 e. The number of anilines is 2. The topological polar surface area (TPSA) is 148 Å². The maximum absolute atomic E-state index is 13.0. The zero-order valence-electron chi connectivity index (χ0n) is 20.1. The third-order valence-corrected chi connectivity index (χ3v) is 5.17. The van der Waals surface area contributed by atoms with Crippen molar-refractivity contribution in [1.82, 2.24) is 4.90 Å². The number of rotatable bonds is 11. The number of hydrogen-bond donors (Lipinski definition) is 1. The average molecular weight is 498 g/mol. The van der Waals surface area contributed by atoms with Crippen molar-refractivity contribution >= 4 is 40.8 Å². The molecule has 36 heavy (non-hydrogen) atoms. The molecule has 1 N–H and O–H groups in total. The van der Waals surface area contributed by atoms with Crippen LogP contribution in [0.2, 0.25) is 0 Å². The van der Waals surface area contributed by atoms with Gasteiger partial charge < -0.3 is 14.8 Å². The molecule has 12 heteroatoms. The summed E-state index contributed by atoms with van der Waals surface area (Å²) in [6.07, 6.45) is 1.48. The molecule has 190 valence electrons. The van der Waals surface area contributed by atoms with Crippen LogP contribution < -0.4 is 19.7 Å². The average Bonchev–Trinajstić information content (AvgIpc) is 3.05. The molecule has 0 radical (unpaired) electrons.